The maximum Gasteiger partial charge on any atom is 0 e. The fraction of sp³-hybridized carbons (Fsp3) is 0. The van der Waals surface area contributed by atoms with Crippen molar-refractivity contribution in [3.8, 4) is 0 Å². The van der Waals surface area contributed by atoms with E-state index in [9.17, 15) is 0 Å². The number of rotatable bonds is 0. The first kappa shape index (κ1) is 1780. The standard InChI is InChI=1S/4B.2Li.7H2O/h;;;;;;7*1H2. The Labute approximate surface area is 110 Å². The van der Waals surface area contributed by atoms with Gasteiger partial charge in [0.15, 0.2) is 0 Å². The fourth-order valence-electron chi connectivity index (χ4n) is 0. The molecule has 14 radical (unpaired) electrons. The van der Waals surface area contributed by atoms with Gasteiger partial charge in [0, 0.05) is 71.4 Å². The van der Waals surface area contributed by atoms with Gasteiger partial charge in [-0.25, -0.2) is 0 Å². The van der Waals surface area contributed by atoms with E-state index in [1.165, 1.54) is 0 Å². The van der Waals surface area contributed by atoms with Crippen LogP contribution < -0.4 is 0 Å². The van der Waals surface area contributed by atoms with Crippen molar-refractivity contribution in [2.45, 2.75) is 0 Å². The first-order valence-corrected chi connectivity index (χ1v) is 0. The topological polar surface area (TPSA) is 220 Å². The molecule has 0 spiro atoms. The van der Waals surface area contributed by atoms with Crippen molar-refractivity contribution < 1.29 is 38.3 Å². The van der Waals surface area contributed by atoms with E-state index in [0.29, 0.717) is 0 Å². The van der Waals surface area contributed by atoms with Crippen molar-refractivity contribution in [2.75, 3.05) is 0 Å². The Bertz CT molecular complexity index is 18.5. The third kappa shape index (κ3) is 1190. The van der Waals surface area contributed by atoms with E-state index in [-0.39, 0.29) is 110 Å². The van der Waals surface area contributed by atoms with Crippen molar-refractivity contribution in [2.24, 2.45) is 0 Å². The van der Waals surface area contributed by atoms with Crippen LogP contribution in [0.3, 0.4) is 0 Å². The molecule has 0 saturated carbocycles. The van der Waals surface area contributed by atoms with Crippen LogP contribution in [0.25, 0.3) is 0 Å². The van der Waals surface area contributed by atoms with Crippen molar-refractivity contribution in [3.63, 3.8) is 0 Å². The van der Waals surface area contributed by atoms with Gasteiger partial charge in [0.1, 0.15) is 0 Å². The molecule has 0 bridgehead atoms. The Morgan fingerprint density at radius 3 is 0.231 bits per heavy atom. The predicted molar refractivity (Wildman–Crippen MR) is 59.8 cm³/mol. The molecule has 0 aliphatic heterocycles. The van der Waals surface area contributed by atoms with Crippen LogP contribution in [-0.4, -0.2) is 110 Å². The number of hydrogen-bond acceptors (Lipinski definition) is 0. The Balaban J connectivity index is 0. The molecule has 0 aromatic rings. The van der Waals surface area contributed by atoms with E-state index in [1.807, 2.05) is 0 Å². The summed E-state index contributed by atoms with van der Waals surface area (Å²) in [7, 11) is 0. The zero-order valence-corrected chi connectivity index (χ0v) is 7.81. The van der Waals surface area contributed by atoms with Crippen LogP contribution in [-0.2, 0) is 0 Å². The van der Waals surface area contributed by atoms with Crippen LogP contribution in [0.1, 0.15) is 0 Å². The third-order valence-electron chi connectivity index (χ3n) is 0. The zero-order chi connectivity index (χ0) is 0. The Morgan fingerprint density at radius 2 is 0.231 bits per heavy atom. The largest absolute Gasteiger partial charge is 0.412 e. The van der Waals surface area contributed by atoms with Gasteiger partial charge in [0.05, 0.1) is 0 Å². The average Bonchev–Trinajstić information content (AvgIpc) is 0. The van der Waals surface area contributed by atoms with Crippen molar-refractivity contribution in [1.82, 2.24) is 0 Å². The smallest absolute Gasteiger partial charge is 0 e. The molecule has 0 unspecified atom stereocenters. The van der Waals surface area contributed by atoms with E-state index in [4.69, 9.17) is 0 Å². The zero-order valence-electron chi connectivity index (χ0n) is 7.81. The van der Waals surface area contributed by atoms with Gasteiger partial charge in [-0.15, -0.1) is 0 Å². The molecule has 13 heavy (non-hydrogen) atoms. The molecule has 7 nitrogen and oxygen atoms in total. The van der Waals surface area contributed by atoms with E-state index < -0.39 is 0 Å². The van der Waals surface area contributed by atoms with Gasteiger partial charge < -0.3 is 38.3 Å². The van der Waals surface area contributed by atoms with E-state index in [1.54, 1.807) is 0 Å². The van der Waals surface area contributed by atoms with Crippen LogP contribution >= 0.6 is 0 Å². The molecule has 0 aromatic carbocycles. The molecular formula is H14B4Li2O7. The van der Waals surface area contributed by atoms with Crippen LogP contribution in [0.5, 0.6) is 0 Å². The second-order valence-electron chi connectivity index (χ2n) is 0. The second kappa shape index (κ2) is 1420. The quantitative estimate of drug-likeness (QED) is 0.319. The van der Waals surface area contributed by atoms with Crippen molar-refractivity contribution >= 4 is 71.4 Å². The van der Waals surface area contributed by atoms with Gasteiger partial charge in [-0.05, 0) is 0 Å². The minimum Gasteiger partial charge on any atom is -0.412 e. The van der Waals surface area contributed by atoms with Crippen LogP contribution in [0.4, 0.5) is 0 Å². The van der Waals surface area contributed by atoms with E-state index >= 15 is 0 Å². The summed E-state index contributed by atoms with van der Waals surface area (Å²) in [5.41, 5.74) is 0. The third-order valence-corrected chi connectivity index (χ3v) is 0. The molecule has 0 atom stereocenters. The minimum atomic E-state index is 0. The number of hydrogen-bond donors (Lipinski definition) is 0. The van der Waals surface area contributed by atoms with Gasteiger partial charge in [-0.3, -0.25) is 0 Å². The van der Waals surface area contributed by atoms with Gasteiger partial charge >= 0.3 is 0 Å². The van der Waals surface area contributed by atoms with Crippen LogP contribution in [0.2, 0.25) is 0 Å². The van der Waals surface area contributed by atoms with Crippen LogP contribution in [0, 0.1) is 0 Å². The fourth-order valence-corrected chi connectivity index (χ4v) is 0. The maximum atomic E-state index is 0. The molecule has 0 aliphatic rings. The summed E-state index contributed by atoms with van der Waals surface area (Å²) in [6.45, 7) is 0. The molecule has 0 heterocycles. The molecule has 0 aliphatic carbocycles. The molecular weight excluding hydrogens is 169 g/mol. The molecule has 0 amide bonds. The normalized spacial score (nSPS) is 0. The van der Waals surface area contributed by atoms with Crippen molar-refractivity contribution in [1.29, 1.82) is 0 Å². The summed E-state index contributed by atoms with van der Waals surface area (Å²) >= 11 is 0. The molecule has 70 valence electrons. The molecule has 0 aromatic heterocycles. The summed E-state index contributed by atoms with van der Waals surface area (Å²) in [6, 6.07) is 0. The summed E-state index contributed by atoms with van der Waals surface area (Å²) in [5.74, 6) is 0. The summed E-state index contributed by atoms with van der Waals surface area (Å²) in [6.07, 6.45) is 0. The minimum absolute atomic E-state index is 0. The molecule has 0 saturated heterocycles. The van der Waals surface area contributed by atoms with Crippen molar-refractivity contribution in [3.05, 3.63) is 0 Å². The van der Waals surface area contributed by atoms with E-state index in [2.05, 4.69) is 0 Å². The molecule has 13 heteroatoms. The average molecular weight is 183 g/mol. The Hall–Kier alpha value is 1.17. The summed E-state index contributed by atoms with van der Waals surface area (Å²) in [5, 5.41) is 0. The van der Waals surface area contributed by atoms with Gasteiger partial charge in [0.2, 0.25) is 0 Å². The summed E-state index contributed by atoms with van der Waals surface area (Å²) in [4.78, 5) is 0. The molecule has 0 rings (SSSR count). The SMILES string of the molecule is O.O.O.O.O.O.O.[B].[B].[B].[B].[Li].[Li]. The van der Waals surface area contributed by atoms with Crippen LogP contribution in [0.15, 0.2) is 0 Å². The van der Waals surface area contributed by atoms with Gasteiger partial charge in [0.25, 0.3) is 0 Å². The monoisotopic (exact) mass is 184 g/mol. The first-order chi connectivity index (χ1) is 0. The van der Waals surface area contributed by atoms with Gasteiger partial charge in [-0.1, -0.05) is 0 Å². The molecule has 0 fully saturated rings. The first-order valence-electron chi connectivity index (χ1n) is 0. The summed E-state index contributed by atoms with van der Waals surface area (Å²) < 4.78 is 0. The Kier molecular flexibility index (Phi) is 194000. The van der Waals surface area contributed by atoms with E-state index in [0.717, 1.165) is 0 Å². The maximum absolute atomic E-state index is 0. The Morgan fingerprint density at radius 1 is 0.231 bits per heavy atom. The predicted octanol–water partition coefficient (Wildman–Crippen LogP) is -8.06. The second-order valence-corrected chi connectivity index (χ2v) is 0. The van der Waals surface area contributed by atoms with Gasteiger partial charge in [-0.2, -0.15) is 0 Å². The molecule has 14 N–H and O–H groups in total.